The predicted octanol–water partition coefficient (Wildman–Crippen LogP) is 2.29. The van der Waals surface area contributed by atoms with Crippen LogP contribution in [0.3, 0.4) is 0 Å². The summed E-state index contributed by atoms with van der Waals surface area (Å²) < 4.78 is 5.53. The zero-order valence-corrected chi connectivity index (χ0v) is 21.9. The van der Waals surface area contributed by atoms with Crippen LogP contribution in [0.1, 0.15) is 54.6 Å². The molecule has 2 heterocycles. The first kappa shape index (κ1) is 27.3. The van der Waals surface area contributed by atoms with Crippen molar-refractivity contribution in [3.63, 3.8) is 0 Å². The minimum atomic E-state index is -1.72. The normalized spacial score (nSPS) is 17.6. The molecular weight excluding hydrogens is 486 g/mol. The van der Waals surface area contributed by atoms with Gasteiger partial charge < -0.3 is 30.7 Å². The second kappa shape index (κ2) is 12.2. The molecule has 0 aliphatic carbocycles. The van der Waals surface area contributed by atoms with E-state index in [1.165, 1.54) is 4.90 Å². The molecule has 4 rings (SSSR count). The topological polar surface area (TPSA) is 138 Å². The van der Waals surface area contributed by atoms with Crippen LogP contribution in [-0.4, -0.2) is 72.0 Å². The maximum absolute atomic E-state index is 13.3. The Bertz CT molecular complexity index is 1230. The van der Waals surface area contributed by atoms with E-state index in [0.717, 1.165) is 30.4 Å². The number of hydrogen-bond donors (Lipinski definition) is 3. The molecule has 4 N–H and O–H groups in total. The van der Waals surface area contributed by atoms with Crippen molar-refractivity contribution in [2.24, 2.45) is 10.7 Å². The number of fused-ring (bicyclic) bond motifs is 1. The average Bonchev–Trinajstić information content (AvgIpc) is 3.30. The fourth-order valence-electron chi connectivity index (χ4n) is 4.67. The van der Waals surface area contributed by atoms with Gasteiger partial charge in [-0.3, -0.25) is 19.4 Å². The molecule has 2 aromatic carbocycles. The molecule has 38 heavy (non-hydrogen) atoms. The third kappa shape index (κ3) is 5.87. The van der Waals surface area contributed by atoms with Crippen LogP contribution in [-0.2, 0) is 20.9 Å². The fourth-order valence-corrected chi connectivity index (χ4v) is 4.67. The number of benzene rings is 2. The number of amidine groups is 1. The molecule has 2 aliphatic rings. The Morgan fingerprint density at radius 2 is 2.03 bits per heavy atom. The third-order valence-electron chi connectivity index (χ3n) is 6.71. The number of unbranched alkanes of at least 4 members (excludes halogenated alkanes) is 1. The van der Waals surface area contributed by atoms with E-state index in [1.807, 2.05) is 11.8 Å². The molecule has 1 saturated heterocycles. The minimum Gasteiger partial charge on any atom is -0.383 e. The Hall–Kier alpha value is -3.76. The SMILES string of the molecule is CCCCN(CCC)C(=O)c1cccc(N2CCO[C@H]([C@@H](O)C(=O)Nc3ccc4c(c3)CN=C4N)C2=O)c1. The van der Waals surface area contributed by atoms with Gasteiger partial charge in [0.1, 0.15) is 5.84 Å². The molecule has 0 unspecified atom stereocenters. The highest BCUT2D eigenvalue weighted by molar-refractivity contribution is 6.05. The van der Waals surface area contributed by atoms with Gasteiger partial charge in [0.15, 0.2) is 12.2 Å². The number of aliphatic hydroxyl groups excluding tert-OH is 1. The number of morpholine rings is 1. The largest absolute Gasteiger partial charge is 0.383 e. The molecule has 10 nitrogen and oxygen atoms in total. The van der Waals surface area contributed by atoms with Gasteiger partial charge in [0.2, 0.25) is 0 Å². The van der Waals surface area contributed by atoms with E-state index in [-0.39, 0.29) is 19.1 Å². The van der Waals surface area contributed by atoms with Crippen LogP contribution >= 0.6 is 0 Å². The molecule has 0 bridgehead atoms. The zero-order valence-electron chi connectivity index (χ0n) is 21.9. The van der Waals surface area contributed by atoms with Crippen molar-refractivity contribution in [1.29, 1.82) is 0 Å². The molecule has 0 radical (unpaired) electrons. The van der Waals surface area contributed by atoms with Gasteiger partial charge >= 0.3 is 0 Å². The lowest BCUT2D eigenvalue weighted by Gasteiger charge is -2.34. The van der Waals surface area contributed by atoms with Gasteiger partial charge in [-0.25, -0.2) is 0 Å². The number of aliphatic imine (C=N–C) groups is 1. The van der Waals surface area contributed by atoms with E-state index in [9.17, 15) is 19.5 Å². The van der Waals surface area contributed by atoms with Gasteiger partial charge in [-0.1, -0.05) is 26.3 Å². The molecule has 3 amide bonds. The van der Waals surface area contributed by atoms with Crippen LogP contribution in [0.5, 0.6) is 0 Å². The lowest BCUT2D eigenvalue weighted by atomic mass is 10.1. The van der Waals surface area contributed by atoms with Crippen molar-refractivity contribution < 1.29 is 24.2 Å². The van der Waals surface area contributed by atoms with Crippen molar-refractivity contribution >= 4 is 34.9 Å². The molecule has 2 aromatic rings. The van der Waals surface area contributed by atoms with Crippen LogP contribution in [0.4, 0.5) is 11.4 Å². The molecule has 1 fully saturated rings. The van der Waals surface area contributed by atoms with Gasteiger partial charge in [-0.05, 0) is 54.8 Å². The van der Waals surface area contributed by atoms with E-state index in [2.05, 4.69) is 17.2 Å². The van der Waals surface area contributed by atoms with Crippen LogP contribution in [0.2, 0.25) is 0 Å². The molecule has 0 spiro atoms. The summed E-state index contributed by atoms with van der Waals surface area (Å²) in [6.45, 7) is 6.25. The second-order valence-corrected chi connectivity index (χ2v) is 9.48. The average molecular weight is 522 g/mol. The highest BCUT2D eigenvalue weighted by atomic mass is 16.5. The molecular formula is C28H35N5O5. The summed E-state index contributed by atoms with van der Waals surface area (Å²) in [7, 11) is 0. The van der Waals surface area contributed by atoms with Crippen LogP contribution in [0.15, 0.2) is 47.5 Å². The van der Waals surface area contributed by atoms with Gasteiger partial charge in [0.05, 0.1) is 13.2 Å². The Balaban J connectivity index is 1.45. The second-order valence-electron chi connectivity index (χ2n) is 9.48. The van der Waals surface area contributed by atoms with Crippen molar-refractivity contribution in [2.45, 2.75) is 51.9 Å². The predicted molar refractivity (Wildman–Crippen MR) is 145 cm³/mol. The number of nitrogens with two attached hydrogens (primary N) is 1. The summed E-state index contributed by atoms with van der Waals surface area (Å²) in [5, 5.41) is 13.4. The zero-order chi connectivity index (χ0) is 27.2. The number of amides is 3. The Kier molecular flexibility index (Phi) is 8.75. The quantitative estimate of drug-likeness (QED) is 0.439. The van der Waals surface area contributed by atoms with Crippen molar-refractivity contribution in [3.05, 3.63) is 59.2 Å². The number of carbonyl (C=O) groups is 3. The third-order valence-corrected chi connectivity index (χ3v) is 6.71. The summed E-state index contributed by atoms with van der Waals surface area (Å²) in [6, 6.07) is 12.0. The molecule has 202 valence electrons. The van der Waals surface area contributed by atoms with Crippen molar-refractivity contribution in [3.8, 4) is 0 Å². The Labute approximate surface area is 222 Å². The first-order valence-corrected chi connectivity index (χ1v) is 13.1. The molecule has 2 aliphatic heterocycles. The standard InChI is InChI=1S/C28H35N5O5/c1-3-5-12-32(11-4-2)27(36)18-7-6-8-21(16-18)33-13-14-38-24(28(33)37)23(34)26(35)31-20-9-10-22-19(15-20)17-30-25(22)29/h6-10,15-16,23-24,34H,3-5,11-14,17H2,1-2H3,(H2,29,30)(H,31,35)/t23-,24-/m1/s1. The Morgan fingerprint density at radius 1 is 1.21 bits per heavy atom. The van der Waals surface area contributed by atoms with E-state index >= 15 is 0 Å². The van der Waals surface area contributed by atoms with Gasteiger partial charge in [0.25, 0.3) is 17.7 Å². The highest BCUT2D eigenvalue weighted by Gasteiger charge is 2.39. The summed E-state index contributed by atoms with van der Waals surface area (Å²) in [6.07, 6.45) is -0.340. The first-order valence-electron chi connectivity index (χ1n) is 13.1. The van der Waals surface area contributed by atoms with E-state index in [1.54, 1.807) is 42.5 Å². The van der Waals surface area contributed by atoms with Gasteiger partial charge in [-0.2, -0.15) is 0 Å². The molecule has 10 heteroatoms. The molecule has 0 saturated carbocycles. The number of ether oxygens (including phenoxy) is 1. The number of nitrogens with zero attached hydrogens (tertiary/aromatic N) is 3. The maximum Gasteiger partial charge on any atom is 0.259 e. The number of aliphatic hydroxyl groups is 1. The number of anilines is 2. The molecule has 0 aromatic heterocycles. The number of carbonyl (C=O) groups excluding carboxylic acids is 3. The number of hydrogen-bond acceptors (Lipinski definition) is 7. The monoisotopic (exact) mass is 521 g/mol. The first-order chi connectivity index (χ1) is 18.3. The fraction of sp³-hybridized carbons (Fsp3) is 0.429. The van der Waals surface area contributed by atoms with Gasteiger partial charge in [-0.15, -0.1) is 0 Å². The lowest BCUT2D eigenvalue weighted by molar-refractivity contribution is -0.150. The molecule has 2 atom stereocenters. The number of rotatable bonds is 10. The highest BCUT2D eigenvalue weighted by Crippen LogP contribution is 2.24. The van der Waals surface area contributed by atoms with Crippen LogP contribution < -0.4 is 16.0 Å². The van der Waals surface area contributed by atoms with E-state index in [0.29, 0.717) is 42.4 Å². The van der Waals surface area contributed by atoms with E-state index < -0.39 is 24.0 Å². The van der Waals surface area contributed by atoms with Crippen LogP contribution in [0.25, 0.3) is 0 Å². The van der Waals surface area contributed by atoms with Crippen LogP contribution in [0, 0.1) is 0 Å². The van der Waals surface area contributed by atoms with Crippen molar-refractivity contribution in [1.82, 2.24) is 4.90 Å². The van der Waals surface area contributed by atoms with E-state index in [4.69, 9.17) is 10.5 Å². The summed E-state index contributed by atoms with van der Waals surface area (Å²) >= 11 is 0. The maximum atomic E-state index is 13.3. The number of nitrogens with one attached hydrogen (secondary N) is 1. The smallest absolute Gasteiger partial charge is 0.259 e. The summed E-state index contributed by atoms with van der Waals surface area (Å²) in [4.78, 5) is 46.7. The lowest BCUT2D eigenvalue weighted by Crippen LogP contribution is -2.55. The summed E-state index contributed by atoms with van der Waals surface area (Å²) in [5.74, 6) is -0.938. The van der Waals surface area contributed by atoms with Gasteiger partial charge in [0, 0.05) is 42.1 Å². The Morgan fingerprint density at radius 3 is 2.79 bits per heavy atom. The summed E-state index contributed by atoms with van der Waals surface area (Å²) in [5.41, 5.74) is 8.99. The van der Waals surface area contributed by atoms with Crippen molar-refractivity contribution in [2.75, 3.05) is 36.5 Å². The minimum absolute atomic E-state index is 0.0830.